The maximum absolute atomic E-state index is 11.5. The van der Waals surface area contributed by atoms with Gasteiger partial charge in [0.25, 0.3) is 0 Å². The van der Waals surface area contributed by atoms with Crippen molar-refractivity contribution in [3.8, 4) is 0 Å². The molecule has 1 aromatic rings. The Bertz CT molecular complexity index is 333. The van der Waals surface area contributed by atoms with E-state index in [4.69, 9.17) is 0 Å². The largest absolute Gasteiger partial charge is 0.294 e. The van der Waals surface area contributed by atoms with Crippen LogP contribution in [0.4, 0.5) is 0 Å². The van der Waals surface area contributed by atoms with Gasteiger partial charge in [0.1, 0.15) is 0 Å². The van der Waals surface area contributed by atoms with E-state index in [0.717, 1.165) is 17.5 Å². The summed E-state index contributed by atoms with van der Waals surface area (Å²) in [4.78, 5) is 11.5. The summed E-state index contributed by atoms with van der Waals surface area (Å²) >= 11 is 0. The first kappa shape index (κ1) is 8.45. The van der Waals surface area contributed by atoms with Gasteiger partial charge in [0, 0.05) is 19.0 Å². The molecule has 67 valence electrons. The van der Waals surface area contributed by atoms with Gasteiger partial charge in [-0.3, -0.25) is 4.79 Å². The van der Waals surface area contributed by atoms with Crippen LogP contribution in [0.3, 0.4) is 0 Å². The minimum absolute atomic E-state index is 0.230. The fourth-order valence-electron chi connectivity index (χ4n) is 1.87. The standard InChI is InChI=1S/C11H12NO/c1-12-10-6-7-11(13)9-5-3-2-4-8(9)10/h2-5,10H,6-7H2,1H3. The van der Waals surface area contributed by atoms with Crippen LogP contribution in [0.25, 0.3) is 0 Å². The molecule has 0 heterocycles. The Morgan fingerprint density at radius 1 is 1.38 bits per heavy atom. The van der Waals surface area contributed by atoms with Crippen molar-refractivity contribution < 1.29 is 4.79 Å². The highest BCUT2D eigenvalue weighted by atomic mass is 16.1. The lowest BCUT2D eigenvalue weighted by atomic mass is 9.87. The molecule has 1 radical (unpaired) electrons. The minimum atomic E-state index is 0.230. The molecule has 2 nitrogen and oxygen atoms in total. The Kier molecular flexibility index (Phi) is 2.15. The summed E-state index contributed by atoms with van der Waals surface area (Å²) in [7, 11) is 1.82. The molecule has 1 atom stereocenters. The van der Waals surface area contributed by atoms with Gasteiger partial charge in [0.15, 0.2) is 5.78 Å². The summed E-state index contributed by atoms with van der Waals surface area (Å²) in [6, 6.07) is 8.01. The highest BCUT2D eigenvalue weighted by molar-refractivity contribution is 5.98. The number of Topliss-reactive ketones (excluding diaryl/α,β-unsaturated/α-hetero) is 1. The van der Waals surface area contributed by atoms with Crippen molar-refractivity contribution in [1.82, 2.24) is 5.32 Å². The van der Waals surface area contributed by atoms with Gasteiger partial charge < -0.3 is 0 Å². The molecule has 1 aromatic carbocycles. The van der Waals surface area contributed by atoms with Crippen LogP contribution in [0.1, 0.15) is 34.8 Å². The molecule has 0 saturated carbocycles. The van der Waals surface area contributed by atoms with Crippen molar-refractivity contribution in [2.75, 3.05) is 7.05 Å². The summed E-state index contributed by atoms with van der Waals surface area (Å²) in [6.07, 6.45) is 1.51. The van der Waals surface area contributed by atoms with Crippen LogP contribution in [-0.4, -0.2) is 12.8 Å². The Hall–Kier alpha value is -1.15. The van der Waals surface area contributed by atoms with Gasteiger partial charge in [-0.15, -0.1) is 0 Å². The number of hydrogen-bond acceptors (Lipinski definition) is 1. The van der Waals surface area contributed by atoms with E-state index in [9.17, 15) is 4.79 Å². The van der Waals surface area contributed by atoms with Gasteiger partial charge in [-0.2, -0.15) is 0 Å². The zero-order valence-electron chi connectivity index (χ0n) is 7.66. The lowest BCUT2D eigenvalue weighted by Crippen LogP contribution is -2.20. The lowest BCUT2D eigenvalue weighted by Gasteiger charge is -2.22. The number of nitrogens with zero attached hydrogens (tertiary/aromatic N) is 1. The van der Waals surface area contributed by atoms with Crippen LogP contribution >= 0.6 is 0 Å². The molecule has 13 heavy (non-hydrogen) atoms. The average Bonchev–Trinajstić information content (AvgIpc) is 2.19. The van der Waals surface area contributed by atoms with Crippen molar-refractivity contribution >= 4 is 5.78 Å². The normalized spacial score (nSPS) is 21.3. The first-order valence-corrected chi connectivity index (χ1v) is 4.54. The van der Waals surface area contributed by atoms with Gasteiger partial charge in [0.2, 0.25) is 0 Å². The molecule has 0 bridgehead atoms. The number of benzene rings is 1. The molecular weight excluding hydrogens is 162 g/mol. The Labute approximate surface area is 78.0 Å². The summed E-state index contributed by atoms with van der Waals surface area (Å²) in [5.74, 6) is 0.260. The van der Waals surface area contributed by atoms with Crippen molar-refractivity contribution in [3.05, 3.63) is 35.4 Å². The fourth-order valence-corrected chi connectivity index (χ4v) is 1.87. The van der Waals surface area contributed by atoms with Crippen molar-refractivity contribution in [2.24, 2.45) is 0 Å². The van der Waals surface area contributed by atoms with Gasteiger partial charge in [-0.05, 0) is 12.0 Å². The van der Waals surface area contributed by atoms with Crippen molar-refractivity contribution in [2.45, 2.75) is 18.9 Å². The third-order valence-electron chi connectivity index (χ3n) is 2.58. The molecule has 0 saturated heterocycles. The molecule has 2 heteroatoms. The number of carbonyl (C=O) groups excluding carboxylic acids is 1. The van der Waals surface area contributed by atoms with E-state index in [2.05, 4.69) is 5.32 Å². The fraction of sp³-hybridized carbons (Fsp3) is 0.364. The molecule has 0 fully saturated rings. The monoisotopic (exact) mass is 174 g/mol. The van der Waals surface area contributed by atoms with Gasteiger partial charge in [0.05, 0.1) is 6.04 Å². The van der Waals surface area contributed by atoms with E-state index in [0.29, 0.717) is 6.42 Å². The highest BCUT2D eigenvalue weighted by Crippen LogP contribution is 2.29. The maximum atomic E-state index is 11.5. The topological polar surface area (TPSA) is 31.2 Å². The SMILES string of the molecule is C[N]C1CCC(=O)c2ccccc21. The summed E-state index contributed by atoms with van der Waals surface area (Å²) in [5.41, 5.74) is 1.96. The smallest absolute Gasteiger partial charge is 0.163 e. The summed E-state index contributed by atoms with van der Waals surface area (Å²) in [6.45, 7) is 0. The van der Waals surface area contributed by atoms with E-state index in [1.807, 2.05) is 31.3 Å². The predicted molar refractivity (Wildman–Crippen MR) is 50.8 cm³/mol. The number of rotatable bonds is 1. The Morgan fingerprint density at radius 3 is 2.92 bits per heavy atom. The molecular formula is C11H12NO. The highest BCUT2D eigenvalue weighted by Gasteiger charge is 2.23. The minimum Gasteiger partial charge on any atom is -0.294 e. The van der Waals surface area contributed by atoms with Crippen LogP contribution in [0.2, 0.25) is 0 Å². The summed E-state index contributed by atoms with van der Waals surface area (Å²) in [5, 5.41) is 4.27. The van der Waals surface area contributed by atoms with E-state index in [1.54, 1.807) is 0 Å². The van der Waals surface area contributed by atoms with Gasteiger partial charge in [-0.25, -0.2) is 5.32 Å². The second kappa shape index (κ2) is 3.30. The van der Waals surface area contributed by atoms with E-state index in [-0.39, 0.29) is 11.8 Å². The van der Waals surface area contributed by atoms with Crippen LogP contribution in [0.15, 0.2) is 24.3 Å². The molecule has 1 aliphatic rings. The lowest BCUT2D eigenvalue weighted by molar-refractivity contribution is 0.0964. The van der Waals surface area contributed by atoms with E-state index >= 15 is 0 Å². The average molecular weight is 174 g/mol. The zero-order valence-corrected chi connectivity index (χ0v) is 7.66. The first-order valence-electron chi connectivity index (χ1n) is 4.54. The molecule has 0 aromatic heterocycles. The van der Waals surface area contributed by atoms with Crippen LogP contribution in [0.5, 0.6) is 0 Å². The molecule has 1 aliphatic carbocycles. The molecule has 0 aliphatic heterocycles. The van der Waals surface area contributed by atoms with Gasteiger partial charge in [-0.1, -0.05) is 24.3 Å². The van der Waals surface area contributed by atoms with Crippen LogP contribution < -0.4 is 5.32 Å². The number of hydrogen-bond donors (Lipinski definition) is 0. The number of fused-ring (bicyclic) bond motifs is 1. The molecule has 0 N–H and O–H groups in total. The van der Waals surface area contributed by atoms with E-state index in [1.165, 1.54) is 0 Å². The molecule has 0 amide bonds. The van der Waals surface area contributed by atoms with Crippen molar-refractivity contribution in [3.63, 3.8) is 0 Å². The third-order valence-corrected chi connectivity index (χ3v) is 2.58. The summed E-state index contributed by atoms with van der Waals surface area (Å²) < 4.78 is 0. The van der Waals surface area contributed by atoms with Crippen LogP contribution in [-0.2, 0) is 0 Å². The second-order valence-corrected chi connectivity index (χ2v) is 3.32. The van der Waals surface area contributed by atoms with Crippen LogP contribution in [0, 0.1) is 0 Å². The Morgan fingerprint density at radius 2 is 2.15 bits per heavy atom. The predicted octanol–water partition coefficient (Wildman–Crippen LogP) is 1.94. The Balaban J connectivity index is 2.47. The van der Waals surface area contributed by atoms with E-state index < -0.39 is 0 Å². The number of ketones is 1. The second-order valence-electron chi connectivity index (χ2n) is 3.32. The number of carbonyl (C=O) groups is 1. The maximum Gasteiger partial charge on any atom is 0.163 e. The van der Waals surface area contributed by atoms with Crippen molar-refractivity contribution in [1.29, 1.82) is 0 Å². The zero-order chi connectivity index (χ0) is 9.26. The first-order chi connectivity index (χ1) is 6.33. The molecule has 2 rings (SSSR count). The molecule has 1 unspecified atom stereocenters. The molecule has 0 spiro atoms. The third kappa shape index (κ3) is 1.38. The quantitative estimate of drug-likeness (QED) is 0.640. The van der Waals surface area contributed by atoms with Gasteiger partial charge >= 0.3 is 0 Å².